The van der Waals surface area contributed by atoms with E-state index in [2.05, 4.69) is 25.3 Å². The Balaban J connectivity index is 1.76. The van der Waals surface area contributed by atoms with E-state index in [0.717, 1.165) is 29.7 Å². The quantitative estimate of drug-likeness (QED) is 0.547. The molecule has 7 heteroatoms. The molecule has 0 N–H and O–H groups in total. The molecule has 1 aliphatic rings. The fraction of sp³-hybridized carbons (Fsp3) is 0.500. The maximum atomic E-state index is 13.3. The van der Waals surface area contributed by atoms with Gasteiger partial charge in [0, 0.05) is 29.9 Å². The third-order valence-electron chi connectivity index (χ3n) is 5.95. The Morgan fingerprint density at radius 3 is 2.81 bits per heavy atom. The zero-order valence-corrected chi connectivity index (χ0v) is 20.3. The van der Waals surface area contributed by atoms with Gasteiger partial charge in [0.1, 0.15) is 12.4 Å². The number of amides is 2. The van der Waals surface area contributed by atoms with Gasteiger partial charge < -0.3 is 14.5 Å². The van der Waals surface area contributed by atoms with Gasteiger partial charge in [0.25, 0.3) is 0 Å². The van der Waals surface area contributed by atoms with Crippen LogP contribution in [0.2, 0.25) is 5.02 Å². The first-order valence-electron chi connectivity index (χ1n) is 10.8. The van der Waals surface area contributed by atoms with Gasteiger partial charge in [-0.15, -0.1) is 11.3 Å². The van der Waals surface area contributed by atoms with Crippen LogP contribution < -0.4 is 4.74 Å². The number of thiophene rings is 1. The van der Waals surface area contributed by atoms with Crippen molar-refractivity contribution in [1.82, 2.24) is 9.80 Å². The predicted octanol–water partition coefficient (Wildman–Crippen LogP) is 5.11. The van der Waals surface area contributed by atoms with E-state index in [4.69, 9.17) is 16.3 Å². The average Bonchev–Trinajstić information content (AvgIpc) is 3.22. The molecule has 1 aromatic heterocycles. The van der Waals surface area contributed by atoms with Crippen molar-refractivity contribution in [3.8, 4) is 5.75 Å². The lowest BCUT2D eigenvalue weighted by molar-refractivity contribution is -0.142. The molecule has 2 amide bonds. The molecule has 0 saturated carbocycles. The number of rotatable bonds is 8. The number of aryl methyl sites for hydroxylation is 1. The van der Waals surface area contributed by atoms with Crippen molar-refractivity contribution in [3.05, 3.63) is 50.7 Å². The highest BCUT2D eigenvalue weighted by Crippen LogP contribution is 2.34. The molecule has 0 aliphatic carbocycles. The van der Waals surface area contributed by atoms with Gasteiger partial charge in [0.15, 0.2) is 0 Å². The first kappa shape index (κ1) is 23.6. The number of carbonyl (C=O) groups is 2. The summed E-state index contributed by atoms with van der Waals surface area (Å²) in [5, 5.41) is 2.77. The second-order valence-electron chi connectivity index (χ2n) is 8.29. The van der Waals surface area contributed by atoms with Crippen molar-refractivity contribution in [1.29, 1.82) is 0 Å². The number of halogens is 1. The summed E-state index contributed by atoms with van der Waals surface area (Å²) in [6.45, 7) is 9.37. The van der Waals surface area contributed by atoms with Crippen LogP contribution in [0.5, 0.6) is 5.75 Å². The number of benzene rings is 1. The molecular formula is C24H31ClN2O3S. The Hall–Kier alpha value is -2.05. The summed E-state index contributed by atoms with van der Waals surface area (Å²) in [7, 11) is 0. The summed E-state index contributed by atoms with van der Waals surface area (Å²) in [4.78, 5) is 30.3. The maximum absolute atomic E-state index is 13.3. The average molecular weight is 463 g/mol. The lowest BCUT2D eigenvalue weighted by Crippen LogP contribution is -2.48. The fourth-order valence-electron chi connectivity index (χ4n) is 3.82. The van der Waals surface area contributed by atoms with E-state index >= 15 is 0 Å². The molecule has 0 bridgehead atoms. The minimum Gasteiger partial charge on any atom is -0.491 e. The molecule has 0 fully saturated rings. The Morgan fingerprint density at radius 2 is 2.13 bits per heavy atom. The van der Waals surface area contributed by atoms with Gasteiger partial charge in [-0.25, -0.2) is 0 Å². The number of hydrogen-bond acceptors (Lipinski definition) is 4. The summed E-state index contributed by atoms with van der Waals surface area (Å²) < 4.78 is 6.09. The molecule has 31 heavy (non-hydrogen) atoms. The molecule has 0 unspecified atom stereocenters. The second-order valence-corrected chi connectivity index (χ2v) is 9.69. The summed E-state index contributed by atoms with van der Waals surface area (Å²) in [6.07, 6.45) is 1.80. The van der Waals surface area contributed by atoms with Gasteiger partial charge in [-0.2, -0.15) is 0 Å². The van der Waals surface area contributed by atoms with Gasteiger partial charge >= 0.3 is 0 Å². The van der Waals surface area contributed by atoms with Gasteiger partial charge in [0.05, 0.1) is 12.6 Å². The highest BCUT2D eigenvalue weighted by Gasteiger charge is 2.33. The lowest BCUT2D eigenvalue weighted by Gasteiger charge is -2.37. The third kappa shape index (κ3) is 5.80. The fourth-order valence-corrected chi connectivity index (χ4v) is 4.87. The van der Waals surface area contributed by atoms with Crippen LogP contribution in [-0.4, -0.2) is 47.9 Å². The highest BCUT2D eigenvalue weighted by molar-refractivity contribution is 7.10. The topological polar surface area (TPSA) is 49.9 Å². The van der Waals surface area contributed by atoms with Gasteiger partial charge in [-0.3, -0.25) is 9.59 Å². The molecular weight excluding hydrogens is 432 g/mol. The normalized spacial score (nSPS) is 16.5. The zero-order valence-electron chi connectivity index (χ0n) is 18.7. The van der Waals surface area contributed by atoms with Gasteiger partial charge in [-0.1, -0.05) is 31.9 Å². The molecule has 0 radical (unpaired) electrons. The molecule has 2 atom stereocenters. The Kier molecular flexibility index (Phi) is 8.00. The molecule has 1 aromatic carbocycles. The standard InChI is InChI=1S/C24H31ClN2O3S/c1-5-16(2)13-26(18(4)28)14-24(29)27-10-8-23-20(9-11-31-23)22(27)15-30-19-6-7-21(25)17(3)12-19/h6-7,9,11-12,16,22H,5,8,10,13-15H2,1-4H3/t16-,22-/m0/s1. The van der Waals surface area contributed by atoms with Crippen molar-refractivity contribution in [2.24, 2.45) is 5.92 Å². The monoisotopic (exact) mass is 462 g/mol. The summed E-state index contributed by atoms with van der Waals surface area (Å²) in [5.74, 6) is 0.996. The highest BCUT2D eigenvalue weighted by atomic mass is 35.5. The van der Waals surface area contributed by atoms with E-state index in [0.29, 0.717) is 30.6 Å². The molecule has 3 rings (SSSR count). The minimum atomic E-state index is -0.170. The van der Waals surface area contributed by atoms with Crippen molar-refractivity contribution < 1.29 is 14.3 Å². The zero-order chi connectivity index (χ0) is 22.5. The summed E-state index contributed by atoms with van der Waals surface area (Å²) >= 11 is 7.85. The predicted molar refractivity (Wildman–Crippen MR) is 126 cm³/mol. The van der Waals surface area contributed by atoms with Gasteiger partial charge in [-0.05, 0) is 60.0 Å². The lowest BCUT2D eigenvalue weighted by atomic mass is 10.00. The van der Waals surface area contributed by atoms with Crippen molar-refractivity contribution in [2.45, 2.75) is 46.6 Å². The summed E-state index contributed by atoms with van der Waals surface area (Å²) in [6, 6.07) is 7.50. The number of fused-ring (bicyclic) bond motifs is 1. The largest absolute Gasteiger partial charge is 0.491 e. The minimum absolute atomic E-state index is 0.0313. The number of nitrogens with zero attached hydrogens (tertiary/aromatic N) is 2. The Bertz CT molecular complexity index is 929. The van der Waals surface area contributed by atoms with Crippen molar-refractivity contribution in [3.63, 3.8) is 0 Å². The summed E-state index contributed by atoms with van der Waals surface area (Å²) in [5.41, 5.74) is 2.10. The molecule has 168 valence electrons. The van der Waals surface area contributed by atoms with Crippen LogP contribution in [0.1, 0.15) is 49.2 Å². The van der Waals surface area contributed by atoms with Crippen molar-refractivity contribution >= 4 is 34.8 Å². The third-order valence-corrected chi connectivity index (χ3v) is 7.37. The van der Waals surface area contributed by atoms with E-state index in [1.165, 1.54) is 11.8 Å². The molecule has 0 saturated heterocycles. The molecule has 5 nitrogen and oxygen atoms in total. The molecule has 1 aliphatic heterocycles. The van der Waals surface area contributed by atoms with Crippen LogP contribution in [0.25, 0.3) is 0 Å². The number of hydrogen-bond donors (Lipinski definition) is 0. The number of carbonyl (C=O) groups excluding carboxylic acids is 2. The van der Waals surface area contributed by atoms with Crippen LogP contribution in [0, 0.1) is 12.8 Å². The molecule has 0 spiro atoms. The van der Waals surface area contributed by atoms with E-state index < -0.39 is 0 Å². The maximum Gasteiger partial charge on any atom is 0.242 e. The first-order chi connectivity index (χ1) is 14.8. The van der Waals surface area contributed by atoms with E-state index in [-0.39, 0.29) is 24.4 Å². The SMILES string of the molecule is CC[C@H](C)CN(CC(=O)N1CCc2sccc2[C@@H]1COc1ccc(Cl)c(C)c1)C(C)=O. The second kappa shape index (κ2) is 10.5. The Labute approximate surface area is 193 Å². The van der Waals surface area contributed by atoms with E-state index in [1.54, 1.807) is 16.2 Å². The van der Waals surface area contributed by atoms with E-state index in [1.807, 2.05) is 30.0 Å². The van der Waals surface area contributed by atoms with E-state index in [9.17, 15) is 9.59 Å². The molecule has 2 aromatic rings. The van der Waals surface area contributed by atoms with Crippen LogP contribution in [0.4, 0.5) is 0 Å². The Morgan fingerprint density at radius 1 is 1.35 bits per heavy atom. The van der Waals surface area contributed by atoms with Crippen LogP contribution >= 0.6 is 22.9 Å². The van der Waals surface area contributed by atoms with Crippen LogP contribution in [-0.2, 0) is 16.0 Å². The van der Waals surface area contributed by atoms with Crippen LogP contribution in [0.3, 0.4) is 0 Å². The van der Waals surface area contributed by atoms with Gasteiger partial charge in [0.2, 0.25) is 11.8 Å². The van der Waals surface area contributed by atoms with Crippen LogP contribution in [0.15, 0.2) is 29.6 Å². The number of ether oxygens (including phenoxy) is 1. The van der Waals surface area contributed by atoms with Crippen molar-refractivity contribution in [2.75, 3.05) is 26.2 Å². The smallest absolute Gasteiger partial charge is 0.242 e. The molecule has 2 heterocycles. The first-order valence-corrected chi connectivity index (χ1v) is 12.1.